The van der Waals surface area contributed by atoms with E-state index in [0.29, 0.717) is 0 Å². The summed E-state index contributed by atoms with van der Waals surface area (Å²) >= 11 is 0. The van der Waals surface area contributed by atoms with E-state index in [0.717, 1.165) is 11.3 Å². The third kappa shape index (κ3) is 4.19. The van der Waals surface area contributed by atoms with Gasteiger partial charge in [0.15, 0.2) is 0 Å². The predicted octanol–water partition coefficient (Wildman–Crippen LogP) is 2.52. The minimum absolute atomic E-state index is 0. The number of methoxy groups -OCH3 is 1. The molecule has 0 amide bonds. The molecule has 1 aromatic rings. The van der Waals surface area contributed by atoms with E-state index in [4.69, 9.17) is 10.5 Å². The minimum Gasteiger partial charge on any atom is -0.497 e. The molecule has 1 aromatic carbocycles. The van der Waals surface area contributed by atoms with Crippen molar-refractivity contribution in [1.29, 1.82) is 0 Å². The van der Waals surface area contributed by atoms with Gasteiger partial charge in [0, 0.05) is 0 Å². The first kappa shape index (κ1) is 16.2. The van der Waals surface area contributed by atoms with Crippen molar-refractivity contribution in [2.75, 3.05) is 7.11 Å². The lowest BCUT2D eigenvalue weighted by atomic mass is 9.82. The lowest BCUT2D eigenvalue weighted by Gasteiger charge is -2.31. The van der Waals surface area contributed by atoms with Gasteiger partial charge in [-0.05, 0) is 23.1 Å². The van der Waals surface area contributed by atoms with E-state index in [9.17, 15) is 5.11 Å². The number of halogens is 1. The number of nitrogens with two attached hydrogens (primary N) is 1. The fourth-order valence-electron chi connectivity index (χ4n) is 1.57. The molecule has 0 aliphatic carbocycles. The van der Waals surface area contributed by atoms with Crippen LogP contribution in [0.5, 0.6) is 5.75 Å². The second kappa shape index (κ2) is 6.24. The Morgan fingerprint density at radius 3 is 2.35 bits per heavy atom. The van der Waals surface area contributed by atoms with Gasteiger partial charge in [0.25, 0.3) is 0 Å². The van der Waals surface area contributed by atoms with E-state index >= 15 is 0 Å². The van der Waals surface area contributed by atoms with E-state index in [1.165, 1.54) is 0 Å². The highest BCUT2D eigenvalue weighted by Gasteiger charge is 2.29. The van der Waals surface area contributed by atoms with Crippen LogP contribution in [0.25, 0.3) is 0 Å². The Labute approximate surface area is 109 Å². The van der Waals surface area contributed by atoms with Gasteiger partial charge in [-0.1, -0.05) is 32.9 Å². The molecule has 3 nitrogen and oxygen atoms in total. The highest BCUT2D eigenvalue weighted by atomic mass is 35.5. The molecule has 98 valence electrons. The summed E-state index contributed by atoms with van der Waals surface area (Å²) in [5.74, 6) is 0.758. The van der Waals surface area contributed by atoms with E-state index in [1.807, 2.05) is 45.0 Å². The van der Waals surface area contributed by atoms with Gasteiger partial charge < -0.3 is 15.6 Å². The standard InChI is InChI=1S/C13H21NO2.ClH/c1-13(2,3)12(15)11(14)9-6-5-7-10(8-9)16-4;/h5-8,11-12,15H,14H2,1-4H3;1H/t11-,12-;/m1./s1. The fraction of sp³-hybridized carbons (Fsp3) is 0.538. The van der Waals surface area contributed by atoms with Crippen molar-refractivity contribution in [3.63, 3.8) is 0 Å². The van der Waals surface area contributed by atoms with Crippen LogP contribution >= 0.6 is 12.4 Å². The summed E-state index contributed by atoms with van der Waals surface area (Å²) in [7, 11) is 1.62. The topological polar surface area (TPSA) is 55.5 Å². The average molecular weight is 260 g/mol. The smallest absolute Gasteiger partial charge is 0.119 e. The Morgan fingerprint density at radius 1 is 1.29 bits per heavy atom. The van der Waals surface area contributed by atoms with Crippen molar-refractivity contribution in [2.24, 2.45) is 11.1 Å². The van der Waals surface area contributed by atoms with Gasteiger partial charge in [0.05, 0.1) is 19.3 Å². The highest BCUT2D eigenvalue weighted by molar-refractivity contribution is 5.85. The zero-order valence-corrected chi connectivity index (χ0v) is 11.6. The summed E-state index contributed by atoms with van der Waals surface area (Å²) in [5.41, 5.74) is 6.70. The first-order valence-electron chi connectivity index (χ1n) is 5.44. The molecule has 3 N–H and O–H groups in total. The molecule has 0 saturated heterocycles. The van der Waals surface area contributed by atoms with Crippen molar-refractivity contribution >= 4 is 12.4 Å². The van der Waals surface area contributed by atoms with Crippen molar-refractivity contribution in [3.05, 3.63) is 29.8 Å². The number of aliphatic hydroxyl groups is 1. The molecule has 2 atom stereocenters. The summed E-state index contributed by atoms with van der Waals surface area (Å²) in [6, 6.07) is 7.11. The summed E-state index contributed by atoms with van der Waals surface area (Å²) < 4.78 is 5.13. The van der Waals surface area contributed by atoms with Crippen LogP contribution in [0.3, 0.4) is 0 Å². The molecule has 1 rings (SSSR count). The quantitative estimate of drug-likeness (QED) is 0.877. The third-order valence-corrected chi connectivity index (χ3v) is 2.71. The van der Waals surface area contributed by atoms with Crippen LogP contribution in [-0.4, -0.2) is 18.3 Å². The number of rotatable bonds is 3. The maximum atomic E-state index is 10.1. The van der Waals surface area contributed by atoms with Crippen LogP contribution in [0, 0.1) is 5.41 Å². The van der Waals surface area contributed by atoms with Gasteiger partial charge >= 0.3 is 0 Å². The average Bonchev–Trinajstić information content (AvgIpc) is 2.26. The zero-order valence-electron chi connectivity index (χ0n) is 10.8. The molecular formula is C13H22ClNO2. The summed E-state index contributed by atoms with van der Waals surface area (Å²) in [5, 5.41) is 10.1. The van der Waals surface area contributed by atoms with Gasteiger partial charge in [-0.3, -0.25) is 0 Å². The van der Waals surface area contributed by atoms with E-state index in [2.05, 4.69) is 0 Å². The SMILES string of the molecule is COc1cccc([C@@H](N)[C@@H](O)C(C)(C)C)c1.Cl. The molecule has 0 aromatic heterocycles. The van der Waals surface area contributed by atoms with Crippen molar-refractivity contribution in [1.82, 2.24) is 0 Å². The van der Waals surface area contributed by atoms with Gasteiger partial charge in [-0.15, -0.1) is 12.4 Å². The molecule has 0 heterocycles. The number of aliphatic hydroxyl groups excluding tert-OH is 1. The number of ether oxygens (including phenoxy) is 1. The molecule has 0 unspecified atom stereocenters. The second-order valence-electron chi connectivity index (χ2n) is 5.11. The highest BCUT2D eigenvalue weighted by Crippen LogP contribution is 2.29. The molecule has 0 fully saturated rings. The number of hydrogen-bond acceptors (Lipinski definition) is 3. The Hall–Kier alpha value is -0.770. The number of hydrogen-bond donors (Lipinski definition) is 2. The van der Waals surface area contributed by atoms with Crippen molar-refractivity contribution in [3.8, 4) is 5.75 Å². The lowest BCUT2D eigenvalue weighted by molar-refractivity contribution is 0.0400. The first-order valence-corrected chi connectivity index (χ1v) is 5.44. The largest absolute Gasteiger partial charge is 0.497 e. The minimum atomic E-state index is -0.584. The van der Waals surface area contributed by atoms with Gasteiger partial charge in [-0.2, -0.15) is 0 Å². The van der Waals surface area contributed by atoms with Crippen LogP contribution in [0.2, 0.25) is 0 Å². The Morgan fingerprint density at radius 2 is 1.88 bits per heavy atom. The normalized spacial score (nSPS) is 14.7. The molecule has 0 saturated carbocycles. The summed E-state index contributed by atoms with van der Waals surface area (Å²) in [6.07, 6.45) is -0.584. The van der Waals surface area contributed by atoms with Crippen LogP contribution in [0.1, 0.15) is 32.4 Å². The van der Waals surface area contributed by atoms with Crippen molar-refractivity contribution < 1.29 is 9.84 Å². The lowest BCUT2D eigenvalue weighted by Crippen LogP contribution is -2.36. The zero-order chi connectivity index (χ0) is 12.3. The summed E-state index contributed by atoms with van der Waals surface area (Å²) in [6.45, 7) is 5.91. The fourth-order valence-corrected chi connectivity index (χ4v) is 1.57. The molecule has 4 heteroatoms. The molecule has 0 spiro atoms. The maximum Gasteiger partial charge on any atom is 0.119 e. The van der Waals surface area contributed by atoms with Crippen LogP contribution in [-0.2, 0) is 0 Å². The molecule has 17 heavy (non-hydrogen) atoms. The second-order valence-corrected chi connectivity index (χ2v) is 5.11. The molecular weight excluding hydrogens is 238 g/mol. The van der Waals surface area contributed by atoms with Gasteiger partial charge in [0.2, 0.25) is 0 Å². The number of benzene rings is 1. The molecule has 0 radical (unpaired) electrons. The predicted molar refractivity (Wildman–Crippen MR) is 72.6 cm³/mol. The summed E-state index contributed by atoms with van der Waals surface area (Å²) in [4.78, 5) is 0. The van der Waals surface area contributed by atoms with Gasteiger partial charge in [0.1, 0.15) is 5.75 Å². The van der Waals surface area contributed by atoms with Crippen LogP contribution < -0.4 is 10.5 Å². The first-order chi connectivity index (χ1) is 7.36. The monoisotopic (exact) mass is 259 g/mol. The maximum absolute atomic E-state index is 10.1. The van der Waals surface area contributed by atoms with E-state index in [-0.39, 0.29) is 17.8 Å². The molecule has 0 aliphatic heterocycles. The van der Waals surface area contributed by atoms with E-state index < -0.39 is 12.1 Å². The molecule has 0 bridgehead atoms. The van der Waals surface area contributed by atoms with E-state index in [1.54, 1.807) is 7.11 Å². The Balaban J connectivity index is 0.00000256. The van der Waals surface area contributed by atoms with Crippen LogP contribution in [0.4, 0.5) is 0 Å². The molecule has 0 aliphatic rings. The Kier molecular flexibility index (Phi) is 5.96. The van der Waals surface area contributed by atoms with Crippen LogP contribution in [0.15, 0.2) is 24.3 Å². The van der Waals surface area contributed by atoms with Gasteiger partial charge in [-0.25, -0.2) is 0 Å². The third-order valence-electron chi connectivity index (χ3n) is 2.71. The van der Waals surface area contributed by atoms with Crippen molar-refractivity contribution in [2.45, 2.75) is 32.9 Å². The Bertz CT molecular complexity index is 350.